The van der Waals surface area contributed by atoms with Gasteiger partial charge in [-0.2, -0.15) is 10.4 Å². The van der Waals surface area contributed by atoms with Crippen molar-refractivity contribution in [2.24, 2.45) is 5.11 Å². The van der Waals surface area contributed by atoms with Gasteiger partial charge in [-0.25, -0.2) is 9.67 Å². The monoisotopic (exact) mass is 537 g/mol. The molecule has 0 spiro atoms. The summed E-state index contributed by atoms with van der Waals surface area (Å²) in [6.45, 7) is 1.85. The number of ether oxygens (including phenoxy) is 3. The molecule has 0 amide bonds. The molecular weight excluding hydrogens is 518 g/mol. The third-order valence-corrected chi connectivity index (χ3v) is 6.43. The quantitative estimate of drug-likeness (QED) is 0.301. The van der Waals surface area contributed by atoms with E-state index < -0.39 is 36.7 Å². The zero-order chi connectivity index (χ0) is 24.5. The molecular formula is C23H20BrN7O4. The summed E-state index contributed by atoms with van der Waals surface area (Å²) in [5.74, 6) is 0.689. The van der Waals surface area contributed by atoms with Crippen molar-refractivity contribution in [3.05, 3.63) is 86.2 Å². The molecule has 3 unspecified atom stereocenters. The highest BCUT2D eigenvalue weighted by molar-refractivity contribution is 9.10. The lowest BCUT2D eigenvalue weighted by molar-refractivity contribution is -0.309. The molecule has 12 heteroatoms. The average molecular weight is 538 g/mol. The maximum atomic E-state index is 11.3. The van der Waals surface area contributed by atoms with Crippen LogP contribution in [0.2, 0.25) is 0 Å². The average Bonchev–Trinajstić information content (AvgIpc) is 3.27. The second kappa shape index (κ2) is 9.75. The number of nitrogens with zero attached hydrogens (tertiary/aromatic N) is 7. The maximum Gasteiger partial charge on any atom is 0.184 e. The van der Waals surface area contributed by atoms with E-state index >= 15 is 0 Å². The zero-order valence-electron chi connectivity index (χ0n) is 18.5. The van der Waals surface area contributed by atoms with Crippen LogP contribution in [0.4, 0.5) is 0 Å². The standard InChI is InChI=1S/C23H20BrN7O4/c1-12-27-22(31(29-12)16-9-15(24)8-7-14(16)10-25)21-19(32)18(28-30-26)20-17(34-21)11-33-23(35-20)13-5-3-2-4-6-13/h2-9,17-21,23,32H,11H2,1H3/t17?,18-,19?,20+,21-,23?/m1/s1. The summed E-state index contributed by atoms with van der Waals surface area (Å²) in [5, 5.41) is 29.2. The number of aryl methyl sites for hydroxylation is 1. The highest BCUT2D eigenvalue weighted by atomic mass is 79.9. The Balaban J connectivity index is 1.51. The van der Waals surface area contributed by atoms with Crippen LogP contribution in [0.15, 0.2) is 58.1 Å². The number of azide groups is 1. The molecule has 1 aromatic heterocycles. The fraction of sp³-hybridized carbons (Fsp3) is 0.348. The van der Waals surface area contributed by atoms with E-state index in [0.29, 0.717) is 17.1 Å². The first-order chi connectivity index (χ1) is 17.0. The van der Waals surface area contributed by atoms with Gasteiger partial charge in [0.15, 0.2) is 12.1 Å². The summed E-state index contributed by atoms with van der Waals surface area (Å²) < 4.78 is 20.4. The molecule has 0 radical (unpaired) electrons. The van der Waals surface area contributed by atoms with Crippen molar-refractivity contribution in [1.82, 2.24) is 14.8 Å². The molecule has 0 saturated carbocycles. The number of aliphatic hydroxyl groups excluding tert-OH is 1. The Labute approximate surface area is 208 Å². The Morgan fingerprint density at radius 1 is 1.26 bits per heavy atom. The van der Waals surface area contributed by atoms with Crippen molar-refractivity contribution in [3.63, 3.8) is 0 Å². The van der Waals surface area contributed by atoms with E-state index in [1.54, 1.807) is 25.1 Å². The van der Waals surface area contributed by atoms with Crippen molar-refractivity contribution in [2.75, 3.05) is 6.61 Å². The van der Waals surface area contributed by atoms with Crippen LogP contribution >= 0.6 is 15.9 Å². The number of hydrogen-bond acceptors (Lipinski definition) is 8. The van der Waals surface area contributed by atoms with Gasteiger partial charge in [-0.05, 0) is 30.7 Å². The van der Waals surface area contributed by atoms with Gasteiger partial charge in [0.05, 0.1) is 30.0 Å². The minimum Gasteiger partial charge on any atom is -0.389 e. The second-order valence-electron chi connectivity index (χ2n) is 8.16. The molecule has 2 fully saturated rings. The Hall–Kier alpha value is -3.30. The van der Waals surface area contributed by atoms with Gasteiger partial charge in [-0.3, -0.25) is 0 Å². The molecule has 0 bridgehead atoms. The number of nitriles is 1. The van der Waals surface area contributed by atoms with Crippen molar-refractivity contribution >= 4 is 15.9 Å². The summed E-state index contributed by atoms with van der Waals surface area (Å²) in [5.41, 5.74) is 10.9. The van der Waals surface area contributed by atoms with E-state index in [0.717, 1.165) is 10.0 Å². The highest BCUT2D eigenvalue weighted by Crippen LogP contribution is 2.40. The minimum absolute atomic E-state index is 0.151. The fourth-order valence-electron chi connectivity index (χ4n) is 4.37. The lowest BCUT2D eigenvalue weighted by atomic mass is 9.91. The minimum atomic E-state index is -1.29. The van der Waals surface area contributed by atoms with E-state index in [-0.39, 0.29) is 12.4 Å². The molecule has 3 aromatic rings. The van der Waals surface area contributed by atoms with Crippen molar-refractivity contribution in [3.8, 4) is 11.8 Å². The fourth-order valence-corrected chi connectivity index (χ4v) is 4.71. The number of aromatic nitrogens is 3. The molecule has 1 N–H and O–H groups in total. The number of rotatable bonds is 4. The number of hydrogen-bond donors (Lipinski definition) is 1. The maximum absolute atomic E-state index is 11.3. The first kappa shape index (κ1) is 23.4. The van der Waals surface area contributed by atoms with Crippen LogP contribution in [-0.2, 0) is 14.2 Å². The lowest BCUT2D eigenvalue weighted by Gasteiger charge is -2.46. The molecule has 11 nitrogen and oxygen atoms in total. The highest BCUT2D eigenvalue weighted by Gasteiger charge is 2.51. The van der Waals surface area contributed by atoms with E-state index in [1.165, 1.54) is 4.68 Å². The molecule has 3 heterocycles. The van der Waals surface area contributed by atoms with Crippen LogP contribution in [-0.4, -0.2) is 50.8 Å². The van der Waals surface area contributed by atoms with Crippen LogP contribution in [0.1, 0.15) is 35.2 Å². The Morgan fingerprint density at radius 3 is 2.80 bits per heavy atom. The summed E-state index contributed by atoms with van der Waals surface area (Å²) in [6.07, 6.45) is -4.37. The lowest BCUT2D eigenvalue weighted by Crippen LogP contribution is -2.58. The topological polar surface area (TPSA) is 151 Å². The van der Waals surface area contributed by atoms with E-state index in [2.05, 4.69) is 42.1 Å². The first-order valence-electron chi connectivity index (χ1n) is 10.8. The van der Waals surface area contributed by atoms with Gasteiger partial charge in [0.1, 0.15) is 30.2 Å². The van der Waals surface area contributed by atoms with Crippen molar-refractivity contribution in [2.45, 2.75) is 43.7 Å². The molecule has 6 atom stereocenters. The van der Waals surface area contributed by atoms with Crippen LogP contribution in [0.25, 0.3) is 16.1 Å². The van der Waals surface area contributed by atoms with Gasteiger partial charge in [0, 0.05) is 14.9 Å². The molecule has 0 aliphatic carbocycles. The Bertz CT molecular complexity index is 1320. The van der Waals surface area contributed by atoms with Gasteiger partial charge in [0.2, 0.25) is 0 Å². The third-order valence-electron chi connectivity index (χ3n) is 5.93. The van der Waals surface area contributed by atoms with E-state index in [9.17, 15) is 15.9 Å². The third kappa shape index (κ3) is 4.41. The molecule has 5 rings (SSSR count). The zero-order valence-corrected chi connectivity index (χ0v) is 20.1. The smallest absolute Gasteiger partial charge is 0.184 e. The number of aliphatic hydroxyl groups is 1. The number of fused-ring (bicyclic) bond motifs is 1. The molecule has 35 heavy (non-hydrogen) atoms. The number of benzene rings is 2. The van der Waals surface area contributed by atoms with Crippen LogP contribution in [0.5, 0.6) is 0 Å². The first-order valence-corrected chi connectivity index (χ1v) is 11.6. The molecule has 2 aliphatic rings. The van der Waals surface area contributed by atoms with Crippen molar-refractivity contribution < 1.29 is 19.3 Å². The molecule has 2 aromatic carbocycles. The van der Waals surface area contributed by atoms with Crippen LogP contribution in [0, 0.1) is 18.3 Å². The summed E-state index contributed by atoms with van der Waals surface area (Å²) in [4.78, 5) is 7.43. The second-order valence-corrected chi connectivity index (χ2v) is 9.08. The summed E-state index contributed by atoms with van der Waals surface area (Å²) >= 11 is 3.42. The van der Waals surface area contributed by atoms with E-state index in [1.807, 2.05) is 30.3 Å². The Morgan fingerprint density at radius 2 is 2.06 bits per heavy atom. The molecule has 2 aliphatic heterocycles. The van der Waals surface area contributed by atoms with Crippen LogP contribution in [0.3, 0.4) is 0 Å². The van der Waals surface area contributed by atoms with Gasteiger partial charge in [0.25, 0.3) is 0 Å². The normalized spacial score (nSPS) is 27.9. The van der Waals surface area contributed by atoms with E-state index in [4.69, 9.17) is 14.2 Å². The Kier molecular flexibility index (Phi) is 6.53. The van der Waals surface area contributed by atoms with Gasteiger partial charge < -0.3 is 19.3 Å². The van der Waals surface area contributed by atoms with Crippen LogP contribution < -0.4 is 0 Å². The number of halogens is 1. The van der Waals surface area contributed by atoms with Gasteiger partial charge in [-0.1, -0.05) is 51.4 Å². The van der Waals surface area contributed by atoms with Gasteiger partial charge in [-0.15, -0.1) is 0 Å². The van der Waals surface area contributed by atoms with Gasteiger partial charge >= 0.3 is 0 Å². The summed E-state index contributed by atoms with van der Waals surface area (Å²) in [6, 6.07) is 15.7. The SMILES string of the molecule is Cc1nc([C@@H]2OC3COC(c4ccccc4)O[C@@H]3[C@H](N=[N+]=[N-])C2O)n(-c2cc(Br)ccc2C#N)n1. The van der Waals surface area contributed by atoms with Crippen molar-refractivity contribution in [1.29, 1.82) is 5.26 Å². The largest absolute Gasteiger partial charge is 0.389 e. The molecule has 178 valence electrons. The summed E-state index contributed by atoms with van der Waals surface area (Å²) in [7, 11) is 0. The molecule has 2 saturated heterocycles. The predicted molar refractivity (Wildman–Crippen MR) is 125 cm³/mol. The predicted octanol–water partition coefficient (Wildman–Crippen LogP) is 3.80.